The molecule has 0 spiro atoms. The SMILES string of the molecule is O=C1c2oc3ccccc3c(=O)c2[C@H](c2ccncc2)N1Cc1ccccc1Cl. The van der Waals surface area contributed by atoms with Crippen molar-refractivity contribution in [1.29, 1.82) is 0 Å². The molecular weight excluding hydrogens is 388 g/mol. The number of halogens is 1. The van der Waals surface area contributed by atoms with Crippen LogP contribution in [-0.2, 0) is 6.54 Å². The van der Waals surface area contributed by atoms with Crippen LogP contribution in [0.2, 0.25) is 5.02 Å². The zero-order valence-corrected chi connectivity index (χ0v) is 16.0. The quantitative estimate of drug-likeness (QED) is 0.503. The fourth-order valence-corrected chi connectivity index (χ4v) is 4.03. The number of benzene rings is 2. The van der Waals surface area contributed by atoms with Crippen LogP contribution in [0.5, 0.6) is 0 Å². The molecule has 4 aromatic rings. The van der Waals surface area contributed by atoms with E-state index in [1.807, 2.05) is 18.2 Å². The minimum absolute atomic E-state index is 0.0857. The highest BCUT2D eigenvalue weighted by Crippen LogP contribution is 2.39. The molecule has 2 aromatic heterocycles. The van der Waals surface area contributed by atoms with Gasteiger partial charge in [0.15, 0.2) is 5.43 Å². The van der Waals surface area contributed by atoms with Crippen molar-refractivity contribution in [2.45, 2.75) is 12.6 Å². The molecule has 0 N–H and O–H groups in total. The smallest absolute Gasteiger partial charge is 0.291 e. The lowest BCUT2D eigenvalue weighted by Gasteiger charge is -2.25. The first kappa shape index (κ1) is 17.6. The molecular formula is C23H15ClN2O3. The van der Waals surface area contributed by atoms with E-state index in [2.05, 4.69) is 4.98 Å². The van der Waals surface area contributed by atoms with Gasteiger partial charge < -0.3 is 9.32 Å². The molecule has 0 fully saturated rings. The topological polar surface area (TPSA) is 63.4 Å². The Hall–Kier alpha value is -3.44. The third-order valence-electron chi connectivity index (χ3n) is 5.19. The van der Waals surface area contributed by atoms with Crippen LogP contribution >= 0.6 is 11.6 Å². The van der Waals surface area contributed by atoms with E-state index in [9.17, 15) is 9.59 Å². The van der Waals surface area contributed by atoms with Crippen LogP contribution in [0.3, 0.4) is 0 Å². The minimum atomic E-state index is -0.572. The van der Waals surface area contributed by atoms with Crippen LogP contribution < -0.4 is 5.43 Å². The van der Waals surface area contributed by atoms with E-state index in [0.29, 0.717) is 21.6 Å². The van der Waals surface area contributed by atoms with Crippen molar-refractivity contribution < 1.29 is 9.21 Å². The molecule has 5 nitrogen and oxygen atoms in total. The van der Waals surface area contributed by atoms with Gasteiger partial charge in [-0.25, -0.2) is 0 Å². The Bertz CT molecular complexity index is 1300. The van der Waals surface area contributed by atoms with Gasteiger partial charge in [0.25, 0.3) is 5.91 Å². The molecule has 142 valence electrons. The second-order valence-corrected chi connectivity index (χ2v) is 7.28. The van der Waals surface area contributed by atoms with Crippen LogP contribution in [-0.4, -0.2) is 15.8 Å². The Kier molecular flexibility index (Phi) is 4.18. The minimum Gasteiger partial charge on any atom is -0.450 e. The molecule has 29 heavy (non-hydrogen) atoms. The predicted molar refractivity (Wildman–Crippen MR) is 110 cm³/mol. The average Bonchev–Trinajstić information content (AvgIpc) is 3.03. The number of aromatic nitrogens is 1. The molecule has 0 saturated heterocycles. The molecule has 5 rings (SSSR count). The lowest BCUT2D eigenvalue weighted by Crippen LogP contribution is -2.29. The van der Waals surface area contributed by atoms with Crippen molar-refractivity contribution in [3.8, 4) is 0 Å². The number of carbonyl (C=O) groups excluding carboxylic acids is 1. The van der Waals surface area contributed by atoms with Gasteiger partial charge in [0.05, 0.1) is 17.0 Å². The molecule has 1 amide bonds. The van der Waals surface area contributed by atoms with Gasteiger partial charge in [0.2, 0.25) is 5.76 Å². The number of rotatable bonds is 3. The van der Waals surface area contributed by atoms with Gasteiger partial charge in [-0.15, -0.1) is 0 Å². The maximum absolute atomic E-state index is 13.3. The van der Waals surface area contributed by atoms with E-state index >= 15 is 0 Å². The number of carbonyl (C=O) groups is 1. The van der Waals surface area contributed by atoms with Gasteiger partial charge in [-0.3, -0.25) is 14.6 Å². The van der Waals surface area contributed by atoms with Crippen LogP contribution in [0.4, 0.5) is 0 Å². The normalized spacial score (nSPS) is 15.7. The number of fused-ring (bicyclic) bond motifs is 2. The first-order valence-corrected chi connectivity index (χ1v) is 9.53. The molecule has 0 radical (unpaired) electrons. The summed E-state index contributed by atoms with van der Waals surface area (Å²) >= 11 is 6.34. The summed E-state index contributed by atoms with van der Waals surface area (Å²) in [5, 5.41) is 1.02. The lowest BCUT2D eigenvalue weighted by molar-refractivity contribution is 0.0714. The van der Waals surface area contributed by atoms with Gasteiger partial charge in [0.1, 0.15) is 5.58 Å². The molecule has 2 aromatic carbocycles. The molecule has 1 aliphatic rings. The summed E-state index contributed by atoms with van der Waals surface area (Å²) in [6.45, 7) is 0.255. The molecule has 6 heteroatoms. The Balaban J connectivity index is 1.74. The fraction of sp³-hybridized carbons (Fsp3) is 0.0870. The van der Waals surface area contributed by atoms with Crippen molar-refractivity contribution in [1.82, 2.24) is 9.88 Å². The zero-order chi connectivity index (χ0) is 20.0. The summed E-state index contributed by atoms with van der Waals surface area (Å²) < 4.78 is 5.91. The molecule has 0 saturated carbocycles. The Morgan fingerprint density at radius 2 is 1.69 bits per heavy atom. The van der Waals surface area contributed by atoms with E-state index in [4.69, 9.17) is 16.0 Å². The fourth-order valence-electron chi connectivity index (χ4n) is 3.83. The molecule has 0 aliphatic carbocycles. The number of hydrogen-bond donors (Lipinski definition) is 0. The van der Waals surface area contributed by atoms with E-state index in [1.165, 1.54) is 0 Å². The standard InChI is InChI=1S/C23H15ClN2O3/c24-17-7-3-1-5-15(17)13-26-20(14-9-11-25-12-10-14)19-21(27)16-6-2-4-8-18(16)29-22(19)23(26)28/h1-12,20H,13H2/t20-/m0/s1. The molecule has 3 heterocycles. The zero-order valence-electron chi connectivity index (χ0n) is 15.2. The lowest BCUT2D eigenvalue weighted by atomic mass is 9.99. The maximum Gasteiger partial charge on any atom is 0.291 e. The highest BCUT2D eigenvalue weighted by atomic mass is 35.5. The number of nitrogens with zero attached hydrogens (tertiary/aromatic N) is 2. The predicted octanol–water partition coefficient (Wildman–Crippen LogP) is 4.59. The van der Waals surface area contributed by atoms with Crippen LogP contribution in [0.25, 0.3) is 11.0 Å². The van der Waals surface area contributed by atoms with E-state index in [-0.39, 0.29) is 23.6 Å². The Morgan fingerprint density at radius 1 is 0.966 bits per heavy atom. The number of amides is 1. The number of hydrogen-bond acceptors (Lipinski definition) is 4. The van der Waals surface area contributed by atoms with Gasteiger partial charge in [-0.2, -0.15) is 0 Å². The highest BCUT2D eigenvalue weighted by Gasteiger charge is 2.42. The summed E-state index contributed by atoms with van der Waals surface area (Å²) in [4.78, 5) is 32.4. The van der Waals surface area contributed by atoms with E-state index in [0.717, 1.165) is 11.1 Å². The van der Waals surface area contributed by atoms with Gasteiger partial charge in [0, 0.05) is 24.0 Å². The third kappa shape index (κ3) is 2.82. The van der Waals surface area contributed by atoms with Gasteiger partial charge in [-0.1, -0.05) is 41.9 Å². The van der Waals surface area contributed by atoms with Crippen molar-refractivity contribution in [2.75, 3.05) is 0 Å². The van der Waals surface area contributed by atoms with Crippen molar-refractivity contribution in [3.63, 3.8) is 0 Å². The first-order chi connectivity index (χ1) is 14.1. The van der Waals surface area contributed by atoms with E-state index < -0.39 is 6.04 Å². The van der Waals surface area contributed by atoms with Gasteiger partial charge >= 0.3 is 0 Å². The summed E-state index contributed by atoms with van der Waals surface area (Å²) in [6.07, 6.45) is 3.29. The third-order valence-corrected chi connectivity index (χ3v) is 5.56. The molecule has 0 unspecified atom stereocenters. The van der Waals surface area contributed by atoms with Crippen molar-refractivity contribution >= 4 is 28.5 Å². The molecule has 0 bridgehead atoms. The van der Waals surface area contributed by atoms with Crippen molar-refractivity contribution in [3.05, 3.63) is 111 Å². The Morgan fingerprint density at radius 3 is 2.48 bits per heavy atom. The van der Waals surface area contributed by atoms with Crippen molar-refractivity contribution in [2.24, 2.45) is 0 Å². The maximum atomic E-state index is 13.3. The number of pyridine rings is 1. The van der Waals surface area contributed by atoms with Crippen LogP contribution in [0.15, 0.2) is 82.3 Å². The summed E-state index contributed by atoms with van der Waals surface area (Å²) in [5.74, 6) is -0.243. The van der Waals surface area contributed by atoms with Crippen LogP contribution in [0.1, 0.15) is 33.3 Å². The summed E-state index contributed by atoms with van der Waals surface area (Å²) in [6, 6.07) is 17.4. The molecule has 1 aliphatic heterocycles. The second-order valence-electron chi connectivity index (χ2n) is 6.88. The first-order valence-electron chi connectivity index (χ1n) is 9.15. The Labute approximate surface area is 171 Å². The second kappa shape index (κ2) is 6.87. The average molecular weight is 403 g/mol. The van der Waals surface area contributed by atoms with Crippen LogP contribution in [0, 0.1) is 0 Å². The molecule has 1 atom stereocenters. The number of para-hydroxylation sites is 1. The van der Waals surface area contributed by atoms with Gasteiger partial charge in [-0.05, 0) is 41.5 Å². The van der Waals surface area contributed by atoms with E-state index in [1.54, 1.807) is 59.8 Å². The summed E-state index contributed by atoms with van der Waals surface area (Å²) in [5.41, 5.74) is 2.15. The largest absolute Gasteiger partial charge is 0.450 e. The summed E-state index contributed by atoms with van der Waals surface area (Å²) in [7, 11) is 0. The highest BCUT2D eigenvalue weighted by molar-refractivity contribution is 6.31. The monoisotopic (exact) mass is 402 g/mol.